The van der Waals surface area contributed by atoms with Crippen LogP contribution in [-0.2, 0) is 35.5 Å². The first kappa shape index (κ1) is 17.5. The van der Waals surface area contributed by atoms with Crippen LogP contribution in [0.15, 0.2) is 35.4 Å². The van der Waals surface area contributed by atoms with E-state index in [2.05, 4.69) is 4.98 Å². The maximum absolute atomic E-state index is 12.9. The normalized spacial score (nSPS) is 18.2. The van der Waals surface area contributed by atoms with E-state index in [4.69, 9.17) is 0 Å². The van der Waals surface area contributed by atoms with E-state index in [0.717, 1.165) is 17.7 Å². The summed E-state index contributed by atoms with van der Waals surface area (Å²) in [7, 11) is 0. The van der Waals surface area contributed by atoms with Crippen LogP contribution in [0.2, 0.25) is 0 Å². The van der Waals surface area contributed by atoms with Gasteiger partial charge in [-0.25, -0.2) is 4.98 Å². The van der Waals surface area contributed by atoms with Crippen molar-refractivity contribution < 1.29 is 9.59 Å². The number of aromatic nitrogens is 2. The molecule has 2 aliphatic heterocycles. The van der Waals surface area contributed by atoms with E-state index in [9.17, 15) is 14.4 Å². The molecule has 0 aliphatic carbocycles. The largest absolute Gasteiger partial charge is 0.337 e. The van der Waals surface area contributed by atoms with Crippen LogP contribution in [0.4, 0.5) is 5.69 Å². The molecule has 0 saturated carbocycles. The predicted molar refractivity (Wildman–Crippen MR) is 100 cm³/mol. The van der Waals surface area contributed by atoms with Crippen molar-refractivity contribution in [2.75, 3.05) is 11.4 Å². The van der Waals surface area contributed by atoms with Crippen LogP contribution >= 0.6 is 0 Å². The second kappa shape index (κ2) is 6.64. The fraction of sp³-hybridized carbons (Fsp3) is 0.400. The molecule has 0 radical (unpaired) electrons. The third-order valence-corrected chi connectivity index (χ3v) is 5.42. The molecule has 1 atom stereocenters. The zero-order valence-corrected chi connectivity index (χ0v) is 15.5. The van der Waals surface area contributed by atoms with Crippen molar-refractivity contribution in [3.63, 3.8) is 0 Å². The van der Waals surface area contributed by atoms with Gasteiger partial charge in [0.15, 0.2) is 0 Å². The molecule has 0 saturated heterocycles. The Morgan fingerprint density at radius 2 is 2.04 bits per heavy atom. The Morgan fingerprint density at radius 3 is 2.81 bits per heavy atom. The highest BCUT2D eigenvalue weighted by atomic mass is 16.2. The molecule has 27 heavy (non-hydrogen) atoms. The molecule has 4 rings (SSSR count). The van der Waals surface area contributed by atoms with Crippen LogP contribution in [-0.4, -0.2) is 38.9 Å². The number of fused-ring (bicyclic) bond motifs is 2. The third-order valence-electron chi connectivity index (χ3n) is 5.42. The lowest BCUT2D eigenvalue weighted by atomic mass is 10.1. The molecule has 3 heterocycles. The van der Waals surface area contributed by atoms with Crippen molar-refractivity contribution in [2.24, 2.45) is 0 Å². The van der Waals surface area contributed by atoms with Crippen LogP contribution in [0, 0.1) is 0 Å². The van der Waals surface area contributed by atoms with E-state index in [0.29, 0.717) is 30.8 Å². The number of hydrogen-bond donors (Lipinski definition) is 0. The SMILES string of the molecule is CC(=O)N1CCc2c(ncn(CC(=O)N3c4ccccc4CC3C)c2=O)C1. The Hall–Kier alpha value is -2.96. The number of para-hydroxylation sites is 1. The third kappa shape index (κ3) is 3.03. The summed E-state index contributed by atoms with van der Waals surface area (Å²) in [6.07, 6.45) is 2.72. The summed E-state index contributed by atoms with van der Waals surface area (Å²) in [6.45, 7) is 4.36. The van der Waals surface area contributed by atoms with Crippen molar-refractivity contribution in [2.45, 2.75) is 45.8 Å². The van der Waals surface area contributed by atoms with Crippen molar-refractivity contribution in [1.29, 1.82) is 0 Å². The van der Waals surface area contributed by atoms with Crippen LogP contribution in [0.25, 0.3) is 0 Å². The lowest BCUT2D eigenvalue weighted by Crippen LogP contribution is -2.42. The van der Waals surface area contributed by atoms with Gasteiger partial charge in [0.1, 0.15) is 6.54 Å². The van der Waals surface area contributed by atoms with Gasteiger partial charge in [0.25, 0.3) is 5.56 Å². The van der Waals surface area contributed by atoms with Gasteiger partial charge in [0.2, 0.25) is 11.8 Å². The fourth-order valence-corrected chi connectivity index (χ4v) is 4.01. The molecule has 2 aliphatic rings. The lowest BCUT2D eigenvalue weighted by Gasteiger charge is -2.27. The average Bonchev–Trinajstić information content (AvgIpc) is 2.99. The van der Waals surface area contributed by atoms with Gasteiger partial charge in [-0.3, -0.25) is 19.0 Å². The van der Waals surface area contributed by atoms with Gasteiger partial charge < -0.3 is 9.80 Å². The Bertz CT molecular complexity index is 981. The molecule has 1 unspecified atom stereocenters. The summed E-state index contributed by atoms with van der Waals surface area (Å²) < 4.78 is 1.39. The van der Waals surface area contributed by atoms with Gasteiger partial charge in [-0.1, -0.05) is 18.2 Å². The van der Waals surface area contributed by atoms with Gasteiger partial charge in [0.05, 0.1) is 18.6 Å². The first-order chi connectivity index (χ1) is 13.0. The van der Waals surface area contributed by atoms with Gasteiger partial charge in [-0.05, 0) is 31.4 Å². The standard InChI is InChI=1S/C20H22N4O3/c1-13-9-15-5-3-4-6-18(15)24(13)19(26)11-23-12-21-17-10-22(14(2)25)8-7-16(17)20(23)27/h3-6,12-13H,7-11H2,1-2H3. The van der Waals surface area contributed by atoms with Crippen molar-refractivity contribution in [3.05, 3.63) is 57.8 Å². The molecule has 7 nitrogen and oxygen atoms in total. The Kier molecular flexibility index (Phi) is 4.30. The minimum atomic E-state index is -0.184. The molecular formula is C20H22N4O3. The zero-order chi connectivity index (χ0) is 19.1. The molecule has 0 spiro atoms. The van der Waals surface area contributed by atoms with E-state index in [1.54, 1.807) is 9.80 Å². The number of amides is 2. The van der Waals surface area contributed by atoms with E-state index < -0.39 is 0 Å². The first-order valence-corrected chi connectivity index (χ1v) is 9.18. The summed E-state index contributed by atoms with van der Waals surface area (Å²) in [5, 5.41) is 0. The number of carbonyl (C=O) groups is 2. The van der Waals surface area contributed by atoms with E-state index in [1.165, 1.54) is 17.8 Å². The molecule has 2 aromatic rings. The second-order valence-corrected chi connectivity index (χ2v) is 7.24. The molecule has 0 bridgehead atoms. The van der Waals surface area contributed by atoms with Crippen molar-refractivity contribution in [3.8, 4) is 0 Å². The number of rotatable bonds is 2. The monoisotopic (exact) mass is 366 g/mol. The average molecular weight is 366 g/mol. The minimum absolute atomic E-state index is 0.0245. The molecular weight excluding hydrogens is 344 g/mol. The molecule has 0 fully saturated rings. The second-order valence-electron chi connectivity index (χ2n) is 7.24. The van der Waals surface area contributed by atoms with Gasteiger partial charge >= 0.3 is 0 Å². The first-order valence-electron chi connectivity index (χ1n) is 9.18. The smallest absolute Gasteiger partial charge is 0.257 e. The van der Waals surface area contributed by atoms with Crippen LogP contribution in [0.3, 0.4) is 0 Å². The minimum Gasteiger partial charge on any atom is -0.337 e. The lowest BCUT2D eigenvalue weighted by molar-refractivity contribution is -0.129. The van der Waals surface area contributed by atoms with Crippen LogP contribution in [0.1, 0.15) is 30.7 Å². The number of anilines is 1. The van der Waals surface area contributed by atoms with E-state index in [1.807, 2.05) is 31.2 Å². The molecule has 140 valence electrons. The summed E-state index contributed by atoms with van der Waals surface area (Å²) in [5.41, 5.74) is 3.13. The molecule has 7 heteroatoms. The molecule has 2 amide bonds. The van der Waals surface area contributed by atoms with E-state index >= 15 is 0 Å². The van der Waals surface area contributed by atoms with Crippen molar-refractivity contribution >= 4 is 17.5 Å². The number of nitrogens with zero attached hydrogens (tertiary/aromatic N) is 4. The maximum Gasteiger partial charge on any atom is 0.257 e. The van der Waals surface area contributed by atoms with Gasteiger partial charge in [0, 0.05) is 30.8 Å². The highest BCUT2D eigenvalue weighted by Crippen LogP contribution is 2.31. The molecule has 1 aromatic heterocycles. The number of benzene rings is 1. The van der Waals surface area contributed by atoms with Crippen molar-refractivity contribution in [1.82, 2.24) is 14.5 Å². The summed E-state index contributed by atoms with van der Waals surface area (Å²) in [6, 6.07) is 7.94. The maximum atomic E-state index is 12.9. The fourth-order valence-electron chi connectivity index (χ4n) is 4.01. The zero-order valence-electron chi connectivity index (χ0n) is 15.5. The number of hydrogen-bond acceptors (Lipinski definition) is 4. The Balaban J connectivity index is 1.58. The Morgan fingerprint density at radius 1 is 1.26 bits per heavy atom. The number of carbonyl (C=O) groups excluding carboxylic acids is 2. The Labute approximate surface area is 157 Å². The van der Waals surface area contributed by atoms with Gasteiger partial charge in [-0.2, -0.15) is 0 Å². The molecule has 1 aromatic carbocycles. The van der Waals surface area contributed by atoms with Crippen LogP contribution in [0.5, 0.6) is 0 Å². The predicted octanol–water partition coefficient (Wildman–Crippen LogP) is 1.13. The summed E-state index contributed by atoms with van der Waals surface area (Å²) >= 11 is 0. The quantitative estimate of drug-likeness (QED) is 0.798. The van der Waals surface area contributed by atoms with Gasteiger partial charge in [-0.15, -0.1) is 0 Å². The highest BCUT2D eigenvalue weighted by molar-refractivity contribution is 5.96. The molecule has 0 N–H and O–H groups in total. The van der Waals surface area contributed by atoms with Crippen LogP contribution < -0.4 is 10.5 Å². The summed E-state index contributed by atoms with van der Waals surface area (Å²) in [4.78, 5) is 45.1. The van der Waals surface area contributed by atoms with E-state index in [-0.39, 0.29) is 30.0 Å². The highest BCUT2D eigenvalue weighted by Gasteiger charge is 2.31. The summed E-state index contributed by atoms with van der Waals surface area (Å²) in [5.74, 6) is -0.138. The topological polar surface area (TPSA) is 75.5 Å².